The van der Waals surface area contributed by atoms with Gasteiger partial charge in [0.1, 0.15) is 12.4 Å². The zero-order valence-corrected chi connectivity index (χ0v) is 24.2. The van der Waals surface area contributed by atoms with Gasteiger partial charge in [0, 0.05) is 23.5 Å². The molecule has 0 bridgehead atoms. The Balaban J connectivity index is 1.83. The Hall–Kier alpha value is -1.92. The number of nitrogens with zero attached hydrogens (tertiary/aromatic N) is 2. The Labute approximate surface area is 236 Å². The molecule has 4 rings (SSSR count). The number of Topliss-reactive ketones (excluding diaryl/α,β-unsaturated/α-hetero) is 1. The molecule has 1 heterocycles. The van der Waals surface area contributed by atoms with E-state index < -0.39 is 35.9 Å². The summed E-state index contributed by atoms with van der Waals surface area (Å²) in [6.07, 6.45) is 0. The van der Waals surface area contributed by atoms with Gasteiger partial charge in [-0.05, 0) is 100 Å². The summed E-state index contributed by atoms with van der Waals surface area (Å²) in [6, 6.07) is 10.7. The smallest absolute Gasteiger partial charge is 0.282 e. The summed E-state index contributed by atoms with van der Waals surface area (Å²) in [4.78, 5) is 53.6. The molecule has 3 aromatic rings. The maximum atomic E-state index is 13.6. The Bertz CT molecular complexity index is 1390. The Kier molecular flexibility index (Phi) is 7.63. The number of hydrazine groups is 1. The molecule has 1 aliphatic rings. The van der Waals surface area contributed by atoms with E-state index >= 15 is 0 Å². The molecule has 0 atom stereocenters. The first kappa shape index (κ1) is 26.2. The highest BCUT2D eigenvalue weighted by atomic mass is 79.9. The molecule has 6 nitrogen and oxygen atoms in total. The van der Waals surface area contributed by atoms with Gasteiger partial charge < -0.3 is 0 Å². The molecule has 35 heavy (non-hydrogen) atoms. The monoisotopic (exact) mass is 748 g/mol. The zero-order chi connectivity index (χ0) is 25.6. The van der Waals surface area contributed by atoms with Crippen LogP contribution in [-0.4, -0.2) is 40.1 Å². The van der Waals surface area contributed by atoms with Crippen molar-refractivity contribution in [2.45, 2.75) is 0 Å². The topological polar surface area (TPSA) is 74.8 Å². The van der Waals surface area contributed by atoms with Gasteiger partial charge >= 0.3 is 0 Å². The Morgan fingerprint density at radius 2 is 1.34 bits per heavy atom. The lowest BCUT2D eigenvalue weighted by molar-refractivity contribution is 0.00527. The van der Waals surface area contributed by atoms with Gasteiger partial charge in [0.15, 0.2) is 5.78 Å². The standard InChI is InChI=1S/C23H10Br4ClFN2O4/c24-17-15-16(18(25)20(27)19(17)26)23(35)31(22(15)34)30(21(33)12-3-1-2-4-13(12)28)9-14(32)10-5-7-11(29)8-6-10/h1-8H,9H2. The van der Waals surface area contributed by atoms with Crippen LogP contribution in [0.25, 0.3) is 0 Å². The zero-order valence-electron chi connectivity index (χ0n) is 17.1. The fourth-order valence-corrected chi connectivity index (χ4v) is 6.10. The molecule has 0 saturated carbocycles. The number of ketones is 1. The highest BCUT2D eigenvalue weighted by Gasteiger charge is 2.46. The summed E-state index contributed by atoms with van der Waals surface area (Å²) >= 11 is 19.6. The maximum absolute atomic E-state index is 13.6. The van der Waals surface area contributed by atoms with Gasteiger partial charge in [0.05, 0.1) is 21.7 Å². The molecule has 0 aromatic heterocycles. The van der Waals surface area contributed by atoms with E-state index in [0.29, 0.717) is 22.9 Å². The molecule has 3 amide bonds. The van der Waals surface area contributed by atoms with Crippen LogP contribution in [0.3, 0.4) is 0 Å². The molecular formula is C23H10Br4ClFN2O4. The van der Waals surface area contributed by atoms with Gasteiger partial charge in [0.25, 0.3) is 17.7 Å². The summed E-state index contributed by atoms with van der Waals surface area (Å²) in [5, 5.41) is 1.44. The van der Waals surface area contributed by atoms with Gasteiger partial charge in [-0.3, -0.25) is 19.2 Å². The van der Waals surface area contributed by atoms with Gasteiger partial charge in [-0.25, -0.2) is 9.40 Å². The predicted octanol–water partition coefficient (Wildman–Crippen LogP) is 7.07. The molecule has 0 saturated heterocycles. The number of halogens is 6. The van der Waals surface area contributed by atoms with Crippen molar-refractivity contribution in [3.63, 3.8) is 0 Å². The van der Waals surface area contributed by atoms with Crippen LogP contribution in [0, 0.1) is 5.82 Å². The fourth-order valence-electron chi connectivity index (χ4n) is 3.43. The van der Waals surface area contributed by atoms with Crippen LogP contribution in [0.1, 0.15) is 41.4 Å². The third-order valence-electron chi connectivity index (χ3n) is 5.12. The summed E-state index contributed by atoms with van der Waals surface area (Å²) in [7, 11) is 0. The van der Waals surface area contributed by atoms with E-state index in [4.69, 9.17) is 11.6 Å². The quantitative estimate of drug-likeness (QED) is 0.121. The summed E-state index contributed by atoms with van der Waals surface area (Å²) in [5.41, 5.74) is 0.0808. The van der Waals surface area contributed by atoms with Crippen LogP contribution in [0.15, 0.2) is 66.4 Å². The molecular weight excluding hydrogens is 742 g/mol. The van der Waals surface area contributed by atoms with E-state index in [1.54, 1.807) is 12.1 Å². The number of carbonyl (C=O) groups excluding carboxylic acids is 4. The molecule has 0 spiro atoms. The predicted molar refractivity (Wildman–Crippen MR) is 141 cm³/mol. The van der Waals surface area contributed by atoms with Gasteiger partial charge in [-0.2, -0.15) is 5.01 Å². The minimum atomic E-state index is -0.842. The number of fused-ring (bicyclic) bond motifs is 1. The number of rotatable bonds is 5. The van der Waals surface area contributed by atoms with Crippen LogP contribution >= 0.6 is 75.3 Å². The summed E-state index contributed by atoms with van der Waals surface area (Å²) in [6.45, 7) is -0.682. The van der Waals surface area contributed by atoms with Crippen LogP contribution in [-0.2, 0) is 0 Å². The Morgan fingerprint density at radius 1 is 0.829 bits per heavy atom. The van der Waals surface area contributed by atoms with E-state index in [-0.39, 0.29) is 27.3 Å². The molecule has 3 aromatic carbocycles. The van der Waals surface area contributed by atoms with Crippen molar-refractivity contribution in [3.05, 3.63) is 99.5 Å². The maximum Gasteiger partial charge on any atom is 0.282 e. The highest BCUT2D eigenvalue weighted by Crippen LogP contribution is 2.45. The first-order valence-corrected chi connectivity index (χ1v) is 13.2. The molecule has 0 unspecified atom stereocenters. The van der Waals surface area contributed by atoms with Crippen molar-refractivity contribution < 1.29 is 23.6 Å². The number of benzene rings is 3. The van der Waals surface area contributed by atoms with E-state index in [2.05, 4.69) is 63.7 Å². The number of amides is 3. The first-order chi connectivity index (χ1) is 16.5. The average molecular weight is 752 g/mol. The third-order valence-corrected chi connectivity index (χ3v) is 10.2. The lowest BCUT2D eigenvalue weighted by Gasteiger charge is -2.29. The number of hydrogen-bond acceptors (Lipinski definition) is 4. The second kappa shape index (κ2) is 10.2. The van der Waals surface area contributed by atoms with Crippen molar-refractivity contribution in [2.24, 2.45) is 0 Å². The second-order valence-electron chi connectivity index (χ2n) is 7.20. The molecule has 12 heteroatoms. The SMILES string of the molecule is O=C(CN(C(=O)c1ccccc1Cl)N1C(=O)c2c(Br)c(Br)c(Br)c(Br)c2C1=O)c1ccc(F)cc1. The fraction of sp³-hybridized carbons (Fsp3) is 0.0435. The summed E-state index contributed by atoms with van der Waals surface area (Å²) in [5.74, 6) is -3.65. The van der Waals surface area contributed by atoms with Crippen LogP contribution < -0.4 is 0 Å². The molecule has 0 radical (unpaired) electrons. The third kappa shape index (κ3) is 4.64. The van der Waals surface area contributed by atoms with E-state index in [0.717, 1.165) is 17.1 Å². The van der Waals surface area contributed by atoms with Gasteiger partial charge in [-0.1, -0.05) is 23.7 Å². The van der Waals surface area contributed by atoms with E-state index in [1.165, 1.54) is 24.3 Å². The molecule has 178 valence electrons. The number of hydrogen-bond donors (Lipinski definition) is 0. The lowest BCUT2D eigenvalue weighted by atomic mass is 10.1. The molecule has 0 fully saturated rings. The van der Waals surface area contributed by atoms with Crippen molar-refractivity contribution in [2.75, 3.05) is 6.54 Å². The van der Waals surface area contributed by atoms with Crippen molar-refractivity contribution in [3.8, 4) is 0 Å². The van der Waals surface area contributed by atoms with Gasteiger partial charge in [0.2, 0.25) is 0 Å². The minimum Gasteiger partial charge on any atom is -0.292 e. The average Bonchev–Trinajstić information content (AvgIpc) is 3.10. The second-order valence-corrected chi connectivity index (χ2v) is 10.8. The Morgan fingerprint density at radius 3 is 1.86 bits per heavy atom. The van der Waals surface area contributed by atoms with Crippen molar-refractivity contribution in [1.82, 2.24) is 10.0 Å². The van der Waals surface area contributed by atoms with Crippen LogP contribution in [0.4, 0.5) is 4.39 Å². The summed E-state index contributed by atoms with van der Waals surface area (Å²) < 4.78 is 14.9. The first-order valence-electron chi connectivity index (χ1n) is 9.64. The van der Waals surface area contributed by atoms with E-state index in [1.807, 2.05) is 0 Å². The molecule has 0 N–H and O–H groups in total. The van der Waals surface area contributed by atoms with E-state index in [9.17, 15) is 23.6 Å². The number of imide groups is 1. The highest BCUT2D eigenvalue weighted by molar-refractivity contribution is 9.15. The minimum absolute atomic E-state index is 0.00291. The largest absolute Gasteiger partial charge is 0.292 e. The lowest BCUT2D eigenvalue weighted by Crippen LogP contribution is -2.51. The molecule has 1 aliphatic heterocycles. The van der Waals surface area contributed by atoms with Crippen LogP contribution in [0.5, 0.6) is 0 Å². The van der Waals surface area contributed by atoms with Crippen LogP contribution in [0.2, 0.25) is 5.02 Å². The van der Waals surface area contributed by atoms with Crippen molar-refractivity contribution >= 4 is 98.8 Å². The van der Waals surface area contributed by atoms with Crippen molar-refractivity contribution in [1.29, 1.82) is 0 Å². The van der Waals surface area contributed by atoms with Gasteiger partial charge in [-0.15, -0.1) is 0 Å². The number of carbonyl (C=O) groups is 4. The molecule has 0 aliphatic carbocycles. The normalized spacial score (nSPS) is 12.7.